The van der Waals surface area contributed by atoms with Crippen molar-refractivity contribution in [3.63, 3.8) is 0 Å². The molecule has 4 aromatic rings. The quantitative estimate of drug-likeness (QED) is 0.500. The van der Waals surface area contributed by atoms with E-state index < -0.39 is 0 Å². The van der Waals surface area contributed by atoms with Crippen LogP contribution in [0, 0.1) is 11.7 Å². The third-order valence-corrected chi connectivity index (χ3v) is 5.47. The Morgan fingerprint density at radius 1 is 1.14 bits per heavy atom. The lowest BCUT2D eigenvalue weighted by atomic mass is 10.1. The fraction of sp³-hybridized carbons (Fsp3) is 0.217. The lowest BCUT2D eigenvalue weighted by Crippen LogP contribution is -1.94. The highest BCUT2D eigenvalue weighted by Gasteiger charge is 2.39. The Hall–Kier alpha value is -3.21. The van der Waals surface area contributed by atoms with Crippen LogP contribution in [0.15, 0.2) is 67.3 Å². The van der Waals surface area contributed by atoms with E-state index in [1.54, 1.807) is 12.3 Å². The molecule has 3 heterocycles. The molecule has 1 fully saturated rings. The number of nitrogens with zero attached hydrogens (tertiary/aromatic N) is 3. The number of methoxy groups -OCH3 is 1. The predicted octanol–water partition coefficient (Wildman–Crippen LogP) is 4.89. The number of fused-ring (bicyclic) bond motifs is 1. The average molecular weight is 373 g/mol. The van der Waals surface area contributed by atoms with E-state index >= 15 is 0 Å². The zero-order valence-electron chi connectivity index (χ0n) is 15.5. The summed E-state index contributed by atoms with van der Waals surface area (Å²) in [4.78, 5) is 9.04. The molecule has 0 N–H and O–H groups in total. The molecule has 0 bridgehead atoms. The monoisotopic (exact) mass is 373 g/mol. The van der Waals surface area contributed by atoms with Gasteiger partial charge in [0.1, 0.15) is 5.65 Å². The van der Waals surface area contributed by atoms with Crippen molar-refractivity contribution < 1.29 is 9.13 Å². The Bertz CT molecular complexity index is 1140. The first-order valence-corrected chi connectivity index (χ1v) is 9.43. The minimum Gasteiger partial charge on any atom is -0.493 e. The lowest BCUT2D eigenvalue weighted by Gasteiger charge is -2.09. The van der Waals surface area contributed by atoms with Crippen molar-refractivity contribution in [2.45, 2.75) is 18.8 Å². The third kappa shape index (κ3) is 3.03. The van der Waals surface area contributed by atoms with E-state index in [2.05, 4.69) is 34.4 Å². The number of hydrogen-bond donors (Lipinski definition) is 0. The molecule has 1 aliphatic rings. The molecule has 28 heavy (non-hydrogen) atoms. The van der Waals surface area contributed by atoms with Gasteiger partial charge in [-0.1, -0.05) is 18.2 Å². The predicted molar refractivity (Wildman–Crippen MR) is 106 cm³/mol. The van der Waals surface area contributed by atoms with E-state index in [1.165, 1.54) is 30.9 Å². The Balaban J connectivity index is 1.40. The Labute approximate surface area is 162 Å². The van der Waals surface area contributed by atoms with Crippen molar-refractivity contribution in [1.29, 1.82) is 0 Å². The van der Waals surface area contributed by atoms with Crippen LogP contribution in [0.25, 0.3) is 16.8 Å². The van der Waals surface area contributed by atoms with E-state index in [-0.39, 0.29) is 11.6 Å². The van der Waals surface area contributed by atoms with Gasteiger partial charge in [0, 0.05) is 47.5 Å². The molecule has 0 amide bonds. The third-order valence-electron chi connectivity index (χ3n) is 5.47. The number of aromatic nitrogens is 3. The zero-order chi connectivity index (χ0) is 19.1. The van der Waals surface area contributed by atoms with Crippen LogP contribution in [0.4, 0.5) is 4.39 Å². The van der Waals surface area contributed by atoms with Gasteiger partial charge in [-0.15, -0.1) is 0 Å². The highest BCUT2D eigenvalue weighted by molar-refractivity contribution is 5.70. The minimum absolute atomic E-state index is 0.243. The van der Waals surface area contributed by atoms with Crippen LogP contribution in [0.3, 0.4) is 0 Å². The molecule has 5 rings (SSSR count). The molecule has 2 atom stereocenters. The number of para-hydroxylation sites is 1. The van der Waals surface area contributed by atoms with Crippen molar-refractivity contribution in [3.05, 3.63) is 84.3 Å². The lowest BCUT2D eigenvalue weighted by molar-refractivity contribution is 0.388. The summed E-state index contributed by atoms with van der Waals surface area (Å²) in [5.74, 6) is 1.06. The highest BCUT2D eigenvalue weighted by atomic mass is 19.1. The fourth-order valence-corrected chi connectivity index (χ4v) is 3.98. The molecule has 1 aliphatic carbocycles. The van der Waals surface area contributed by atoms with Crippen molar-refractivity contribution in [1.82, 2.24) is 14.4 Å². The van der Waals surface area contributed by atoms with Crippen molar-refractivity contribution in [2.24, 2.45) is 5.92 Å². The molecule has 0 spiro atoms. The summed E-state index contributed by atoms with van der Waals surface area (Å²) in [6.45, 7) is 0. The van der Waals surface area contributed by atoms with Gasteiger partial charge < -0.3 is 9.14 Å². The normalized spacial score (nSPS) is 18.4. The highest BCUT2D eigenvalue weighted by Crippen LogP contribution is 2.48. The van der Waals surface area contributed by atoms with Crippen molar-refractivity contribution >= 4 is 5.65 Å². The van der Waals surface area contributed by atoms with E-state index in [9.17, 15) is 4.39 Å². The number of ether oxygens (including phenoxy) is 1. The van der Waals surface area contributed by atoms with Crippen LogP contribution in [0.5, 0.6) is 5.75 Å². The maximum Gasteiger partial charge on any atom is 0.165 e. The van der Waals surface area contributed by atoms with Gasteiger partial charge in [0.15, 0.2) is 11.6 Å². The molecule has 5 heteroatoms. The topological polar surface area (TPSA) is 39.4 Å². The van der Waals surface area contributed by atoms with Crippen LogP contribution in [-0.2, 0) is 6.42 Å². The SMILES string of the molecule is COc1c(F)cccc1-c1cnc2cc(CC3CC3c3ccccn3)cn2c1. The summed E-state index contributed by atoms with van der Waals surface area (Å²) in [7, 11) is 1.48. The second-order valence-corrected chi connectivity index (χ2v) is 7.34. The standard InChI is InChI=1S/C23H20FN3O/c1-28-23-18(5-4-6-20(23)24)17-12-26-22-10-15(13-27(22)14-17)9-16-11-19(16)21-7-2-3-8-25-21/h2-8,10,12-14,16,19H,9,11H2,1H3. The number of halogens is 1. The first-order chi connectivity index (χ1) is 13.7. The van der Waals surface area contributed by atoms with Crippen LogP contribution < -0.4 is 4.74 Å². The van der Waals surface area contributed by atoms with E-state index in [4.69, 9.17) is 4.74 Å². The molecule has 0 saturated heterocycles. The molecule has 3 aromatic heterocycles. The Morgan fingerprint density at radius 3 is 2.89 bits per heavy atom. The minimum atomic E-state index is -0.373. The Kier molecular flexibility index (Phi) is 4.08. The first-order valence-electron chi connectivity index (χ1n) is 9.43. The Morgan fingerprint density at radius 2 is 2.07 bits per heavy atom. The second kappa shape index (κ2) is 6.75. The van der Waals surface area contributed by atoms with Crippen LogP contribution >= 0.6 is 0 Å². The maximum absolute atomic E-state index is 14.0. The zero-order valence-corrected chi connectivity index (χ0v) is 15.5. The number of rotatable bonds is 5. The van der Waals surface area contributed by atoms with Gasteiger partial charge in [-0.25, -0.2) is 9.37 Å². The van der Waals surface area contributed by atoms with Gasteiger partial charge in [0.05, 0.1) is 7.11 Å². The second-order valence-electron chi connectivity index (χ2n) is 7.34. The smallest absolute Gasteiger partial charge is 0.165 e. The van der Waals surface area contributed by atoms with Gasteiger partial charge >= 0.3 is 0 Å². The van der Waals surface area contributed by atoms with E-state index in [0.29, 0.717) is 17.4 Å². The average Bonchev–Trinajstić information content (AvgIpc) is 3.36. The fourth-order valence-electron chi connectivity index (χ4n) is 3.98. The molecular formula is C23H20FN3O. The molecule has 1 saturated carbocycles. The van der Waals surface area contributed by atoms with Gasteiger partial charge in [-0.3, -0.25) is 4.98 Å². The molecule has 2 unspecified atom stereocenters. The van der Waals surface area contributed by atoms with E-state index in [1.807, 2.05) is 28.9 Å². The summed E-state index contributed by atoms with van der Waals surface area (Å²) < 4.78 is 21.3. The van der Waals surface area contributed by atoms with Crippen molar-refractivity contribution in [2.75, 3.05) is 7.11 Å². The number of pyridine rings is 1. The summed E-state index contributed by atoms with van der Waals surface area (Å²) in [6, 6.07) is 13.2. The van der Waals surface area contributed by atoms with Gasteiger partial charge in [0.25, 0.3) is 0 Å². The number of hydrogen-bond acceptors (Lipinski definition) is 3. The van der Waals surface area contributed by atoms with Gasteiger partial charge in [-0.2, -0.15) is 0 Å². The molecule has 4 nitrogen and oxygen atoms in total. The first kappa shape index (κ1) is 16.9. The maximum atomic E-state index is 14.0. The molecular weight excluding hydrogens is 353 g/mol. The largest absolute Gasteiger partial charge is 0.493 e. The molecule has 0 aliphatic heterocycles. The van der Waals surface area contributed by atoms with Crippen molar-refractivity contribution in [3.8, 4) is 16.9 Å². The van der Waals surface area contributed by atoms with Crippen LogP contribution in [0.2, 0.25) is 0 Å². The molecule has 0 radical (unpaired) electrons. The van der Waals surface area contributed by atoms with Gasteiger partial charge in [-0.05, 0) is 48.6 Å². The van der Waals surface area contributed by atoms with E-state index in [0.717, 1.165) is 17.6 Å². The summed E-state index contributed by atoms with van der Waals surface area (Å²) in [6.07, 6.45) is 9.93. The van der Waals surface area contributed by atoms with Crippen LogP contribution in [-0.4, -0.2) is 21.5 Å². The van der Waals surface area contributed by atoms with Crippen LogP contribution in [0.1, 0.15) is 23.6 Å². The summed E-state index contributed by atoms with van der Waals surface area (Å²) >= 11 is 0. The summed E-state index contributed by atoms with van der Waals surface area (Å²) in [5.41, 5.74) is 4.87. The summed E-state index contributed by atoms with van der Waals surface area (Å²) in [5, 5.41) is 0. The molecule has 1 aromatic carbocycles. The molecule has 140 valence electrons. The van der Waals surface area contributed by atoms with Gasteiger partial charge in [0.2, 0.25) is 0 Å². The number of benzene rings is 1.